The summed E-state index contributed by atoms with van der Waals surface area (Å²) in [6, 6.07) is 9.00. The number of allylic oxidation sites excluding steroid dienone is 1. The first kappa shape index (κ1) is 20.4. The molecule has 0 saturated carbocycles. The van der Waals surface area contributed by atoms with E-state index in [2.05, 4.69) is 4.90 Å². The van der Waals surface area contributed by atoms with Crippen LogP contribution in [0.4, 0.5) is 4.39 Å². The van der Waals surface area contributed by atoms with Gasteiger partial charge in [0.25, 0.3) is 5.91 Å². The number of nitrogens with zero attached hydrogens (tertiary/aromatic N) is 2. The maximum atomic E-state index is 14.0. The third-order valence-electron chi connectivity index (χ3n) is 5.13. The average Bonchev–Trinajstić information content (AvgIpc) is 3.04. The van der Waals surface area contributed by atoms with E-state index >= 15 is 0 Å². The Morgan fingerprint density at radius 3 is 2.73 bits per heavy atom. The predicted octanol–water partition coefficient (Wildman–Crippen LogP) is 3.25. The zero-order chi connectivity index (χ0) is 21.3. The molecule has 6 nitrogen and oxygen atoms in total. The number of fused-ring (bicyclic) bond motifs is 1. The third kappa shape index (κ3) is 4.17. The van der Waals surface area contributed by atoms with E-state index in [1.165, 1.54) is 24.3 Å². The highest BCUT2D eigenvalue weighted by molar-refractivity contribution is 6.32. The van der Waals surface area contributed by atoms with Crippen LogP contribution in [-0.2, 0) is 4.79 Å². The van der Waals surface area contributed by atoms with E-state index in [4.69, 9.17) is 21.1 Å². The van der Waals surface area contributed by atoms with Crippen molar-refractivity contribution < 1.29 is 23.5 Å². The number of benzene rings is 2. The molecule has 1 saturated heterocycles. The Bertz CT molecular complexity index is 1010. The van der Waals surface area contributed by atoms with Crippen molar-refractivity contribution in [1.29, 1.82) is 0 Å². The first-order valence-electron chi connectivity index (χ1n) is 9.54. The Balaban J connectivity index is 1.45. The number of hydrogen-bond acceptors (Lipinski definition) is 5. The Morgan fingerprint density at radius 2 is 2.00 bits per heavy atom. The molecule has 0 spiro atoms. The number of halogens is 2. The molecule has 2 aromatic carbocycles. The van der Waals surface area contributed by atoms with Crippen LogP contribution in [0.5, 0.6) is 11.5 Å². The molecule has 2 aliphatic rings. The van der Waals surface area contributed by atoms with E-state index in [1.54, 1.807) is 23.1 Å². The number of ether oxygens (including phenoxy) is 2. The van der Waals surface area contributed by atoms with Crippen LogP contribution in [0.1, 0.15) is 15.9 Å². The molecule has 156 valence electrons. The van der Waals surface area contributed by atoms with Crippen LogP contribution in [0.25, 0.3) is 6.08 Å². The Morgan fingerprint density at radius 1 is 1.23 bits per heavy atom. The van der Waals surface area contributed by atoms with Crippen LogP contribution >= 0.6 is 11.6 Å². The van der Waals surface area contributed by atoms with Crippen LogP contribution in [0.15, 0.2) is 42.2 Å². The van der Waals surface area contributed by atoms with Crippen LogP contribution in [-0.4, -0.2) is 61.3 Å². The molecule has 0 bridgehead atoms. The first-order chi connectivity index (χ1) is 14.4. The smallest absolute Gasteiger partial charge is 0.260 e. The molecule has 30 heavy (non-hydrogen) atoms. The number of carbonyl (C=O) groups is 2. The van der Waals surface area contributed by atoms with Gasteiger partial charge < -0.3 is 19.3 Å². The van der Waals surface area contributed by atoms with Crippen LogP contribution in [0, 0.1) is 5.82 Å². The van der Waals surface area contributed by atoms with Crippen molar-refractivity contribution in [2.24, 2.45) is 0 Å². The van der Waals surface area contributed by atoms with Gasteiger partial charge in [0, 0.05) is 37.8 Å². The van der Waals surface area contributed by atoms with Crippen molar-refractivity contribution in [2.45, 2.75) is 0 Å². The van der Waals surface area contributed by atoms with Gasteiger partial charge in [-0.25, -0.2) is 4.39 Å². The maximum absolute atomic E-state index is 14.0. The van der Waals surface area contributed by atoms with Crippen LogP contribution < -0.4 is 9.47 Å². The molecule has 2 heterocycles. The van der Waals surface area contributed by atoms with E-state index in [1.807, 2.05) is 7.05 Å². The number of piperazine rings is 1. The largest absolute Gasteiger partial charge is 0.484 e. The number of carbonyl (C=O) groups excluding carboxylic acids is 2. The summed E-state index contributed by atoms with van der Waals surface area (Å²) in [5.41, 5.74) is 0.427. The molecule has 0 N–H and O–H groups in total. The average molecular weight is 431 g/mol. The van der Waals surface area contributed by atoms with Gasteiger partial charge in [-0.1, -0.05) is 17.7 Å². The Labute approximate surface area is 178 Å². The van der Waals surface area contributed by atoms with Gasteiger partial charge in [0.2, 0.25) is 5.78 Å². The summed E-state index contributed by atoms with van der Waals surface area (Å²) in [6.07, 6.45) is 1.29. The zero-order valence-corrected chi connectivity index (χ0v) is 17.1. The SMILES string of the molecule is CN1CCN(C(=O)COc2ccc3c(c2)OC(=Cc2c(F)cccc2Cl)C3=O)CC1. The van der Waals surface area contributed by atoms with E-state index in [0.29, 0.717) is 30.2 Å². The molecule has 4 rings (SSSR count). The summed E-state index contributed by atoms with van der Waals surface area (Å²) >= 11 is 6.03. The van der Waals surface area contributed by atoms with E-state index in [9.17, 15) is 14.0 Å². The molecule has 0 aromatic heterocycles. The second-order valence-corrected chi connectivity index (χ2v) is 7.61. The minimum Gasteiger partial charge on any atom is -0.484 e. The molecule has 8 heteroatoms. The fourth-order valence-corrected chi connectivity index (χ4v) is 3.55. The van der Waals surface area contributed by atoms with Crippen molar-refractivity contribution >= 4 is 29.4 Å². The quantitative estimate of drug-likeness (QED) is 0.697. The summed E-state index contributed by atoms with van der Waals surface area (Å²) in [6.45, 7) is 2.92. The van der Waals surface area contributed by atoms with Gasteiger partial charge in [-0.2, -0.15) is 0 Å². The molecular weight excluding hydrogens is 411 g/mol. The molecule has 1 fully saturated rings. The highest BCUT2D eigenvalue weighted by Crippen LogP contribution is 2.35. The summed E-state index contributed by atoms with van der Waals surface area (Å²) in [4.78, 5) is 28.8. The topological polar surface area (TPSA) is 59.1 Å². The van der Waals surface area contributed by atoms with Crippen LogP contribution in [0.2, 0.25) is 5.02 Å². The second-order valence-electron chi connectivity index (χ2n) is 7.21. The van der Waals surface area contributed by atoms with Gasteiger partial charge in [-0.15, -0.1) is 0 Å². The number of hydrogen-bond donors (Lipinski definition) is 0. The lowest BCUT2D eigenvalue weighted by Crippen LogP contribution is -2.48. The fraction of sp³-hybridized carbons (Fsp3) is 0.273. The van der Waals surface area contributed by atoms with E-state index in [-0.39, 0.29) is 34.6 Å². The molecular formula is C22H20ClFN2O4. The van der Waals surface area contributed by atoms with Crippen molar-refractivity contribution in [2.75, 3.05) is 39.8 Å². The van der Waals surface area contributed by atoms with Crippen molar-refractivity contribution in [3.63, 3.8) is 0 Å². The second kappa shape index (κ2) is 8.45. The molecule has 0 radical (unpaired) electrons. The standard InChI is InChI=1S/C22H20ClFN2O4/c1-25-7-9-26(10-8-25)21(27)13-29-14-5-6-15-19(11-14)30-20(22(15)28)12-16-17(23)3-2-4-18(16)24/h2-6,11-12H,7-10,13H2,1H3. The molecule has 0 unspecified atom stereocenters. The van der Waals surface area contributed by atoms with Crippen molar-refractivity contribution in [3.05, 3.63) is 64.1 Å². The number of likely N-dealkylation sites (N-methyl/N-ethyl adjacent to an activating group) is 1. The Kier molecular flexibility index (Phi) is 5.74. The van der Waals surface area contributed by atoms with Gasteiger partial charge in [-0.3, -0.25) is 9.59 Å². The summed E-state index contributed by atoms with van der Waals surface area (Å²) < 4.78 is 25.2. The Hall–Kier alpha value is -2.90. The van der Waals surface area contributed by atoms with E-state index in [0.717, 1.165) is 13.1 Å². The molecule has 1 amide bonds. The van der Waals surface area contributed by atoms with Crippen molar-refractivity contribution in [1.82, 2.24) is 9.80 Å². The number of ketones is 1. The summed E-state index contributed by atoms with van der Waals surface area (Å²) in [5.74, 6) is -0.325. The molecule has 0 atom stereocenters. The number of Topliss-reactive ketones (excluding diaryl/α,β-unsaturated/α-hetero) is 1. The highest BCUT2D eigenvalue weighted by Gasteiger charge is 2.28. The number of amides is 1. The lowest BCUT2D eigenvalue weighted by molar-refractivity contribution is -0.134. The predicted molar refractivity (Wildman–Crippen MR) is 110 cm³/mol. The van der Waals surface area contributed by atoms with Gasteiger partial charge in [0.05, 0.1) is 10.6 Å². The summed E-state index contributed by atoms with van der Waals surface area (Å²) in [7, 11) is 2.02. The summed E-state index contributed by atoms with van der Waals surface area (Å²) in [5, 5.41) is 0.182. The molecule has 0 aliphatic carbocycles. The normalized spacial score (nSPS) is 17.8. The van der Waals surface area contributed by atoms with Crippen LogP contribution in [0.3, 0.4) is 0 Å². The molecule has 2 aromatic rings. The maximum Gasteiger partial charge on any atom is 0.260 e. The lowest BCUT2D eigenvalue weighted by Gasteiger charge is -2.32. The van der Waals surface area contributed by atoms with Crippen molar-refractivity contribution in [3.8, 4) is 11.5 Å². The minimum atomic E-state index is -0.547. The monoisotopic (exact) mass is 430 g/mol. The highest BCUT2D eigenvalue weighted by atomic mass is 35.5. The first-order valence-corrected chi connectivity index (χ1v) is 9.91. The fourth-order valence-electron chi connectivity index (χ4n) is 3.33. The number of rotatable bonds is 4. The van der Waals surface area contributed by atoms with E-state index < -0.39 is 5.82 Å². The van der Waals surface area contributed by atoms with Gasteiger partial charge >= 0.3 is 0 Å². The van der Waals surface area contributed by atoms with Gasteiger partial charge in [0.15, 0.2) is 12.4 Å². The van der Waals surface area contributed by atoms with Gasteiger partial charge in [0.1, 0.15) is 17.3 Å². The molecule has 2 aliphatic heterocycles. The third-order valence-corrected chi connectivity index (χ3v) is 5.46. The van der Waals surface area contributed by atoms with Gasteiger partial charge in [-0.05, 0) is 37.4 Å². The minimum absolute atomic E-state index is 0.0253. The lowest BCUT2D eigenvalue weighted by atomic mass is 10.1. The zero-order valence-electron chi connectivity index (χ0n) is 16.4.